The molecular formula is C22H31N5O7. The van der Waals surface area contributed by atoms with Crippen molar-refractivity contribution in [3.63, 3.8) is 0 Å². The van der Waals surface area contributed by atoms with Crippen molar-refractivity contribution in [1.82, 2.24) is 10.6 Å². The molecule has 1 aromatic rings. The first-order chi connectivity index (χ1) is 16.2. The minimum Gasteiger partial charge on any atom is -0.436 e. The summed E-state index contributed by atoms with van der Waals surface area (Å²) < 4.78 is 10.1. The number of aliphatic hydroxyl groups is 1. The quantitative estimate of drug-likeness (QED) is 0.161. The van der Waals surface area contributed by atoms with Crippen molar-refractivity contribution >= 4 is 29.6 Å². The molecule has 8 N–H and O–H groups in total. The first-order valence-electron chi connectivity index (χ1n) is 10.6. The van der Waals surface area contributed by atoms with Crippen LogP contribution in [0.2, 0.25) is 0 Å². The Labute approximate surface area is 197 Å². The van der Waals surface area contributed by atoms with Crippen molar-refractivity contribution in [3.05, 3.63) is 29.3 Å². The van der Waals surface area contributed by atoms with Crippen LogP contribution in [0, 0.1) is 12.3 Å². The maximum Gasteiger partial charge on any atom is 0.405 e. The Morgan fingerprint density at radius 1 is 1.18 bits per heavy atom. The Bertz CT molecular complexity index is 900. The first kappa shape index (κ1) is 28.2. The topological polar surface area (TPSA) is 195 Å². The molecule has 186 valence electrons. The summed E-state index contributed by atoms with van der Waals surface area (Å²) in [6.07, 6.45) is 3.52. The van der Waals surface area contributed by atoms with Crippen LogP contribution < -0.4 is 27.4 Å². The standard InChI is InChI=1S/C22H31N5O7/c1-3-10-33-13-15-11-16(8-7-14(15)12-28)26-19(29)17(6-5-9-25-21(23)31)27-20(30)18(4-2)34-22(24)32/h1,7-8,11,17-18,28H,4-6,9-10,12-13H2,2H3,(H2,24,32)(H,26,29)(H,27,30)(H3,23,25,31). The van der Waals surface area contributed by atoms with Crippen LogP contribution in [0.3, 0.4) is 0 Å². The van der Waals surface area contributed by atoms with Crippen molar-refractivity contribution in [3.8, 4) is 12.3 Å². The zero-order chi connectivity index (χ0) is 25.5. The van der Waals surface area contributed by atoms with E-state index in [9.17, 15) is 24.3 Å². The molecule has 34 heavy (non-hydrogen) atoms. The molecule has 1 aromatic carbocycles. The van der Waals surface area contributed by atoms with Crippen LogP contribution in [0.15, 0.2) is 18.2 Å². The van der Waals surface area contributed by atoms with E-state index < -0.39 is 36.1 Å². The maximum atomic E-state index is 13.0. The van der Waals surface area contributed by atoms with Gasteiger partial charge in [-0.2, -0.15) is 0 Å². The van der Waals surface area contributed by atoms with Crippen molar-refractivity contribution in [2.75, 3.05) is 18.5 Å². The molecule has 12 nitrogen and oxygen atoms in total. The predicted molar refractivity (Wildman–Crippen MR) is 123 cm³/mol. The Balaban J connectivity index is 2.97. The summed E-state index contributed by atoms with van der Waals surface area (Å²) in [6.45, 7) is 1.79. The number of hydrogen-bond acceptors (Lipinski definition) is 7. The van der Waals surface area contributed by atoms with Gasteiger partial charge in [-0.05, 0) is 42.5 Å². The lowest BCUT2D eigenvalue weighted by Crippen LogP contribution is -2.49. The number of primary amides is 2. The molecule has 0 fully saturated rings. The van der Waals surface area contributed by atoms with E-state index in [1.165, 1.54) is 0 Å². The molecule has 0 spiro atoms. The summed E-state index contributed by atoms with van der Waals surface area (Å²) in [4.78, 5) is 47.4. The van der Waals surface area contributed by atoms with Gasteiger partial charge in [0.25, 0.3) is 5.91 Å². The van der Waals surface area contributed by atoms with Crippen molar-refractivity contribution in [2.45, 2.75) is 51.5 Å². The number of carbonyl (C=O) groups excluding carboxylic acids is 4. The molecule has 5 amide bonds. The molecule has 12 heteroatoms. The first-order valence-corrected chi connectivity index (χ1v) is 10.6. The molecule has 0 aromatic heterocycles. The van der Waals surface area contributed by atoms with E-state index in [-0.39, 0.29) is 39.2 Å². The number of hydrogen-bond donors (Lipinski definition) is 6. The van der Waals surface area contributed by atoms with Crippen LogP contribution >= 0.6 is 0 Å². The number of nitrogens with one attached hydrogen (secondary N) is 3. The highest BCUT2D eigenvalue weighted by Gasteiger charge is 2.26. The summed E-state index contributed by atoms with van der Waals surface area (Å²) in [5.41, 5.74) is 11.7. The zero-order valence-electron chi connectivity index (χ0n) is 19.0. The number of benzene rings is 1. The van der Waals surface area contributed by atoms with Crippen LogP contribution in [0.4, 0.5) is 15.3 Å². The summed E-state index contributed by atoms with van der Waals surface area (Å²) in [5, 5.41) is 17.2. The highest BCUT2D eigenvalue weighted by atomic mass is 16.6. The number of carbonyl (C=O) groups is 4. The normalized spacial score (nSPS) is 12.0. The average Bonchev–Trinajstić information content (AvgIpc) is 2.79. The number of rotatable bonds is 14. The molecule has 2 atom stereocenters. The minimum atomic E-state index is -1.17. The van der Waals surface area contributed by atoms with Crippen molar-refractivity contribution < 1.29 is 33.8 Å². The van der Waals surface area contributed by atoms with Crippen LogP contribution in [0.1, 0.15) is 37.3 Å². The van der Waals surface area contributed by atoms with Gasteiger partial charge in [0.05, 0.1) is 13.2 Å². The smallest absolute Gasteiger partial charge is 0.405 e. The lowest BCUT2D eigenvalue weighted by Gasteiger charge is -2.22. The molecule has 0 saturated heterocycles. The lowest BCUT2D eigenvalue weighted by atomic mass is 10.1. The molecule has 2 unspecified atom stereocenters. The van der Waals surface area contributed by atoms with E-state index in [1.54, 1.807) is 25.1 Å². The molecule has 0 aliphatic heterocycles. The Kier molecular flexibility index (Phi) is 12.5. The number of aliphatic hydroxyl groups excluding tert-OH is 1. The molecule has 0 bridgehead atoms. The van der Waals surface area contributed by atoms with E-state index in [1.807, 2.05) is 0 Å². The van der Waals surface area contributed by atoms with Gasteiger partial charge >= 0.3 is 12.1 Å². The monoisotopic (exact) mass is 477 g/mol. The second-order valence-electron chi connectivity index (χ2n) is 7.16. The fourth-order valence-electron chi connectivity index (χ4n) is 2.96. The summed E-state index contributed by atoms with van der Waals surface area (Å²) in [7, 11) is 0. The summed E-state index contributed by atoms with van der Waals surface area (Å²) in [5.74, 6) is 1.11. The highest BCUT2D eigenvalue weighted by Crippen LogP contribution is 2.18. The number of anilines is 1. The van der Waals surface area contributed by atoms with Gasteiger partial charge < -0.3 is 42.0 Å². The Morgan fingerprint density at radius 3 is 2.50 bits per heavy atom. The van der Waals surface area contributed by atoms with Crippen LogP contribution in [-0.2, 0) is 32.3 Å². The van der Waals surface area contributed by atoms with E-state index in [0.717, 1.165) is 0 Å². The fourth-order valence-corrected chi connectivity index (χ4v) is 2.96. The fraction of sp³-hybridized carbons (Fsp3) is 0.455. The minimum absolute atomic E-state index is 0.0842. The molecule has 0 saturated carbocycles. The van der Waals surface area contributed by atoms with Gasteiger partial charge in [-0.25, -0.2) is 9.59 Å². The SMILES string of the molecule is C#CCOCc1cc(NC(=O)C(CCCNC(N)=O)NC(=O)C(CC)OC(N)=O)ccc1CO. The van der Waals surface area contributed by atoms with Gasteiger partial charge in [-0.1, -0.05) is 18.9 Å². The van der Waals surface area contributed by atoms with Crippen LogP contribution in [-0.4, -0.2) is 54.3 Å². The van der Waals surface area contributed by atoms with Gasteiger partial charge in [0.15, 0.2) is 6.10 Å². The van der Waals surface area contributed by atoms with E-state index in [0.29, 0.717) is 23.2 Å². The van der Waals surface area contributed by atoms with Crippen molar-refractivity contribution in [2.24, 2.45) is 11.5 Å². The van der Waals surface area contributed by atoms with E-state index in [2.05, 4.69) is 21.9 Å². The number of urea groups is 1. The number of amides is 5. The number of nitrogens with two attached hydrogens (primary N) is 2. The Hall–Kier alpha value is -3.82. The molecular weight excluding hydrogens is 446 g/mol. The van der Waals surface area contributed by atoms with Gasteiger partial charge in [0.2, 0.25) is 5.91 Å². The molecule has 0 radical (unpaired) electrons. The zero-order valence-corrected chi connectivity index (χ0v) is 19.0. The van der Waals surface area contributed by atoms with Gasteiger partial charge in [0.1, 0.15) is 12.6 Å². The van der Waals surface area contributed by atoms with Crippen molar-refractivity contribution in [1.29, 1.82) is 0 Å². The maximum absolute atomic E-state index is 13.0. The second-order valence-corrected chi connectivity index (χ2v) is 7.16. The summed E-state index contributed by atoms with van der Waals surface area (Å²) >= 11 is 0. The molecule has 0 aliphatic rings. The molecule has 1 rings (SSSR count). The molecule has 0 aliphatic carbocycles. The van der Waals surface area contributed by atoms with E-state index >= 15 is 0 Å². The van der Waals surface area contributed by atoms with E-state index in [4.69, 9.17) is 27.4 Å². The number of terminal acetylenes is 1. The van der Waals surface area contributed by atoms with Crippen LogP contribution in [0.25, 0.3) is 0 Å². The lowest BCUT2D eigenvalue weighted by molar-refractivity contribution is -0.133. The van der Waals surface area contributed by atoms with Crippen LogP contribution in [0.5, 0.6) is 0 Å². The Morgan fingerprint density at radius 2 is 1.91 bits per heavy atom. The van der Waals surface area contributed by atoms with Gasteiger partial charge in [-0.15, -0.1) is 6.42 Å². The third-order valence-corrected chi connectivity index (χ3v) is 4.61. The number of ether oxygens (including phenoxy) is 2. The van der Waals surface area contributed by atoms with Gasteiger partial charge in [-0.3, -0.25) is 9.59 Å². The third-order valence-electron chi connectivity index (χ3n) is 4.61. The second kappa shape index (κ2) is 15.1. The average molecular weight is 478 g/mol. The largest absolute Gasteiger partial charge is 0.436 e. The summed E-state index contributed by atoms with van der Waals surface area (Å²) in [6, 6.07) is 3.11. The van der Waals surface area contributed by atoms with Gasteiger partial charge in [0, 0.05) is 12.2 Å². The molecule has 0 heterocycles. The highest BCUT2D eigenvalue weighted by molar-refractivity contribution is 5.98. The predicted octanol–water partition coefficient (Wildman–Crippen LogP) is 0.0744. The third kappa shape index (κ3) is 10.2.